The predicted octanol–water partition coefficient (Wildman–Crippen LogP) is 8.22. The van der Waals surface area contributed by atoms with Gasteiger partial charge in [0.25, 0.3) is 0 Å². The van der Waals surface area contributed by atoms with Crippen molar-refractivity contribution in [1.82, 2.24) is 9.80 Å². The average Bonchev–Trinajstić information content (AvgIpc) is 3.13. The lowest BCUT2D eigenvalue weighted by Crippen LogP contribution is -2.64. The lowest BCUT2D eigenvalue weighted by atomic mass is 9.55. The van der Waals surface area contributed by atoms with Crippen LogP contribution < -0.4 is 9.47 Å². The third-order valence-corrected chi connectivity index (χ3v) is 9.93. The van der Waals surface area contributed by atoms with E-state index in [0.29, 0.717) is 48.7 Å². The van der Waals surface area contributed by atoms with Crippen molar-refractivity contribution in [3.63, 3.8) is 0 Å². The summed E-state index contributed by atoms with van der Waals surface area (Å²) in [5, 5.41) is 20.4. The number of rotatable bonds is 16. The maximum atomic E-state index is 14.4. The molecule has 0 heterocycles. The number of hydrogen-bond acceptors (Lipinski definition) is 6. The summed E-state index contributed by atoms with van der Waals surface area (Å²) in [6, 6.07) is 32.5. The molecule has 2 amide bonds. The summed E-state index contributed by atoms with van der Waals surface area (Å²) >= 11 is 0. The van der Waals surface area contributed by atoms with Gasteiger partial charge in [-0.2, -0.15) is 0 Å². The molecule has 1 fully saturated rings. The standard InChI is InChI=1S/C42H46N2O8/c1-5-13-33(27-19-23-31(24-20-27)51-29-15-9-7-10-16-29)43(3)39(45)35-36(38(42(49)50)37(35)41(47)48)40(46)44(4)34(14-6-2)28-21-25-32(26-22-28)52-30-17-11-8-12-18-30/h7-12,15-26,33-38H,5-6,13-14H2,1-4H3,(H,47,48)(H,49,50)/t33-,34-,35?,36?,37?,38?/m0/s1. The Balaban J connectivity index is 1.39. The lowest BCUT2D eigenvalue weighted by Gasteiger charge is -2.49. The van der Waals surface area contributed by atoms with Gasteiger partial charge >= 0.3 is 11.9 Å². The SMILES string of the molecule is CCC[C@@H](c1ccc(Oc2ccccc2)cc1)N(C)C(=O)C1C(C(=O)O)C(C(=O)O)C1C(=O)N(C)[C@@H](CCC)c1ccc(Oc2ccccc2)cc1. The molecule has 0 aromatic heterocycles. The summed E-state index contributed by atoms with van der Waals surface area (Å²) < 4.78 is 11.9. The Morgan fingerprint density at radius 3 is 1.12 bits per heavy atom. The van der Waals surface area contributed by atoms with E-state index in [9.17, 15) is 29.4 Å². The number of para-hydroxylation sites is 2. The maximum absolute atomic E-state index is 14.4. The van der Waals surface area contributed by atoms with Crippen LogP contribution in [0.3, 0.4) is 0 Å². The molecule has 0 aliphatic heterocycles. The third kappa shape index (κ3) is 8.28. The van der Waals surface area contributed by atoms with Crippen LogP contribution in [-0.4, -0.2) is 57.9 Å². The van der Waals surface area contributed by atoms with Crippen molar-refractivity contribution < 1.29 is 38.9 Å². The number of aliphatic carboxylic acids is 2. The molecule has 10 heteroatoms. The minimum Gasteiger partial charge on any atom is -0.481 e. The topological polar surface area (TPSA) is 134 Å². The van der Waals surface area contributed by atoms with Gasteiger partial charge in [0.05, 0.1) is 35.8 Å². The zero-order chi connectivity index (χ0) is 37.4. The molecular formula is C42H46N2O8. The van der Waals surface area contributed by atoms with Crippen molar-refractivity contribution in [2.24, 2.45) is 23.7 Å². The second-order valence-corrected chi connectivity index (χ2v) is 13.3. The largest absolute Gasteiger partial charge is 0.481 e. The molecule has 1 aliphatic carbocycles. The first-order valence-corrected chi connectivity index (χ1v) is 17.7. The van der Waals surface area contributed by atoms with Crippen molar-refractivity contribution >= 4 is 23.8 Å². The van der Waals surface area contributed by atoms with E-state index in [-0.39, 0.29) is 0 Å². The number of amides is 2. The average molecular weight is 707 g/mol. The lowest BCUT2D eigenvalue weighted by molar-refractivity contribution is -0.188. The third-order valence-electron chi connectivity index (χ3n) is 9.93. The van der Waals surface area contributed by atoms with Gasteiger partial charge in [0.1, 0.15) is 23.0 Å². The molecule has 272 valence electrons. The van der Waals surface area contributed by atoms with Crippen molar-refractivity contribution in [3.8, 4) is 23.0 Å². The summed E-state index contributed by atoms with van der Waals surface area (Å²) in [5.74, 6) is -7.23. The first-order chi connectivity index (χ1) is 25.0. The normalized spacial score (nSPS) is 19.0. The minimum absolute atomic E-state index is 0.445. The Bertz CT molecular complexity index is 1680. The Labute approximate surface area is 304 Å². The number of hydrogen-bond donors (Lipinski definition) is 2. The van der Waals surface area contributed by atoms with E-state index in [4.69, 9.17) is 9.47 Å². The highest BCUT2D eigenvalue weighted by molar-refractivity contribution is 5.99. The number of carbonyl (C=O) groups is 4. The molecule has 0 saturated heterocycles. The summed E-state index contributed by atoms with van der Waals surface area (Å²) in [5.41, 5.74) is 1.61. The highest BCUT2D eigenvalue weighted by Gasteiger charge is 2.65. The molecule has 10 nitrogen and oxygen atoms in total. The van der Waals surface area contributed by atoms with Gasteiger partial charge in [-0.1, -0.05) is 87.4 Å². The fraction of sp³-hybridized carbons (Fsp3) is 0.333. The van der Waals surface area contributed by atoms with Crippen molar-refractivity contribution in [2.45, 2.75) is 51.6 Å². The molecule has 0 spiro atoms. The first kappa shape index (κ1) is 37.6. The van der Waals surface area contributed by atoms with E-state index >= 15 is 0 Å². The molecule has 1 saturated carbocycles. The number of ether oxygens (including phenoxy) is 2. The van der Waals surface area contributed by atoms with Gasteiger partial charge in [-0.15, -0.1) is 0 Å². The number of carboxylic acid groups (broad SMARTS) is 2. The van der Waals surface area contributed by atoms with Crippen LogP contribution in [-0.2, 0) is 19.2 Å². The maximum Gasteiger partial charge on any atom is 0.308 e. The molecular weight excluding hydrogens is 660 g/mol. The number of carbonyl (C=O) groups excluding carboxylic acids is 2. The van der Waals surface area contributed by atoms with Crippen molar-refractivity contribution in [2.75, 3.05) is 14.1 Å². The Morgan fingerprint density at radius 2 is 0.827 bits per heavy atom. The number of benzene rings is 4. The smallest absolute Gasteiger partial charge is 0.308 e. The van der Waals surface area contributed by atoms with Crippen LogP contribution in [0.15, 0.2) is 109 Å². The van der Waals surface area contributed by atoms with Crippen molar-refractivity contribution in [3.05, 3.63) is 120 Å². The van der Waals surface area contributed by atoms with Crippen LogP contribution in [0.2, 0.25) is 0 Å². The van der Waals surface area contributed by atoms with E-state index in [0.717, 1.165) is 11.1 Å². The van der Waals surface area contributed by atoms with Crippen LogP contribution in [0, 0.1) is 23.7 Å². The first-order valence-electron chi connectivity index (χ1n) is 17.7. The van der Waals surface area contributed by atoms with E-state index in [2.05, 4.69) is 0 Å². The zero-order valence-electron chi connectivity index (χ0n) is 29.9. The highest BCUT2D eigenvalue weighted by Crippen LogP contribution is 2.50. The van der Waals surface area contributed by atoms with Crippen molar-refractivity contribution in [1.29, 1.82) is 0 Å². The van der Waals surface area contributed by atoms with E-state index in [1.807, 2.05) is 123 Å². The second-order valence-electron chi connectivity index (χ2n) is 13.3. The Morgan fingerprint density at radius 1 is 0.519 bits per heavy atom. The monoisotopic (exact) mass is 706 g/mol. The Kier molecular flexibility index (Phi) is 12.3. The molecule has 4 aromatic carbocycles. The summed E-state index contributed by atoms with van der Waals surface area (Å²) in [6.07, 6.45) is 2.56. The highest BCUT2D eigenvalue weighted by atomic mass is 16.5. The van der Waals surface area contributed by atoms with E-state index < -0.39 is 59.5 Å². The minimum atomic E-state index is -1.56. The van der Waals surface area contributed by atoms with Gasteiger partial charge in [0.15, 0.2) is 0 Å². The van der Waals surface area contributed by atoms with E-state index in [1.165, 1.54) is 9.80 Å². The summed E-state index contributed by atoms with van der Waals surface area (Å²) in [7, 11) is 3.18. The molecule has 4 unspecified atom stereocenters. The molecule has 1 aliphatic rings. The van der Waals surface area contributed by atoms with E-state index in [1.54, 1.807) is 14.1 Å². The molecule has 4 aromatic rings. The molecule has 0 radical (unpaired) electrons. The van der Waals surface area contributed by atoms with Gasteiger partial charge in [-0.05, 0) is 72.5 Å². The van der Waals surface area contributed by atoms with Crippen LogP contribution >= 0.6 is 0 Å². The van der Waals surface area contributed by atoms with Crippen LogP contribution in [0.1, 0.15) is 62.7 Å². The van der Waals surface area contributed by atoms with Crippen LogP contribution in [0.4, 0.5) is 0 Å². The zero-order valence-corrected chi connectivity index (χ0v) is 29.9. The predicted molar refractivity (Wildman–Crippen MR) is 196 cm³/mol. The quantitative estimate of drug-likeness (QED) is 0.119. The molecule has 5 rings (SSSR count). The second kappa shape index (κ2) is 17.0. The fourth-order valence-electron chi connectivity index (χ4n) is 7.23. The molecule has 0 bridgehead atoms. The number of carboxylic acids is 2. The molecule has 2 N–H and O–H groups in total. The molecule has 6 atom stereocenters. The number of nitrogens with zero attached hydrogens (tertiary/aromatic N) is 2. The van der Waals surface area contributed by atoms with Gasteiger partial charge in [-0.3, -0.25) is 19.2 Å². The van der Waals surface area contributed by atoms with Gasteiger partial charge < -0.3 is 29.5 Å². The van der Waals surface area contributed by atoms with Gasteiger partial charge in [0, 0.05) is 14.1 Å². The molecule has 52 heavy (non-hydrogen) atoms. The van der Waals surface area contributed by atoms with Gasteiger partial charge in [-0.25, -0.2) is 0 Å². The van der Waals surface area contributed by atoms with Gasteiger partial charge in [0.2, 0.25) is 11.8 Å². The fourth-order valence-corrected chi connectivity index (χ4v) is 7.23. The Hall–Kier alpha value is -5.64. The van der Waals surface area contributed by atoms with Crippen LogP contribution in [0.25, 0.3) is 0 Å². The summed E-state index contributed by atoms with van der Waals surface area (Å²) in [6.45, 7) is 3.97. The van der Waals surface area contributed by atoms with Crippen LogP contribution in [0.5, 0.6) is 23.0 Å². The summed E-state index contributed by atoms with van der Waals surface area (Å²) in [4.78, 5) is 56.8.